The standard InChI is InChI=1S/C15H21ClFN/c1-10(11(2)9-18-13-6-7-13)8-12-4-3-5-14(16)15(12)17/h3-5,10-11,13,18H,6-9H2,1-2H3. The van der Waals surface area contributed by atoms with Gasteiger partial charge in [-0.1, -0.05) is 37.6 Å². The first-order valence-corrected chi connectivity index (χ1v) is 7.12. The molecule has 2 unspecified atom stereocenters. The van der Waals surface area contributed by atoms with Crippen molar-refractivity contribution in [2.75, 3.05) is 6.54 Å². The third-order valence-electron chi connectivity index (χ3n) is 3.85. The highest BCUT2D eigenvalue weighted by Crippen LogP contribution is 2.24. The highest BCUT2D eigenvalue weighted by Gasteiger charge is 2.22. The molecule has 3 heteroatoms. The first-order chi connectivity index (χ1) is 8.58. The molecule has 0 aliphatic heterocycles. The first-order valence-electron chi connectivity index (χ1n) is 6.74. The minimum atomic E-state index is -0.256. The van der Waals surface area contributed by atoms with Gasteiger partial charge in [0.1, 0.15) is 5.82 Å². The minimum Gasteiger partial charge on any atom is -0.314 e. The van der Waals surface area contributed by atoms with Crippen molar-refractivity contribution in [3.63, 3.8) is 0 Å². The molecule has 1 aromatic rings. The summed E-state index contributed by atoms with van der Waals surface area (Å²) in [5, 5.41) is 3.75. The molecule has 1 aromatic carbocycles. The molecule has 100 valence electrons. The predicted octanol–water partition coefficient (Wildman–Crippen LogP) is 4.05. The molecular formula is C15H21ClFN. The normalized spacial score (nSPS) is 18.7. The van der Waals surface area contributed by atoms with Crippen molar-refractivity contribution in [3.8, 4) is 0 Å². The number of hydrogen-bond acceptors (Lipinski definition) is 1. The van der Waals surface area contributed by atoms with E-state index in [1.807, 2.05) is 12.1 Å². The zero-order valence-electron chi connectivity index (χ0n) is 11.0. The van der Waals surface area contributed by atoms with Gasteiger partial charge in [-0.15, -0.1) is 0 Å². The van der Waals surface area contributed by atoms with Crippen LogP contribution in [0.4, 0.5) is 4.39 Å². The molecule has 1 N–H and O–H groups in total. The van der Waals surface area contributed by atoms with E-state index >= 15 is 0 Å². The van der Waals surface area contributed by atoms with Crippen molar-refractivity contribution >= 4 is 11.6 Å². The molecule has 2 rings (SSSR count). The molecule has 18 heavy (non-hydrogen) atoms. The molecule has 1 saturated carbocycles. The number of hydrogen-bond donors (Lipinski definition) is 1. The molecular weight excluding hydrogens is 249 g/mol. The summed E-state index contributed by atoms with van der Waals surface area (Å²) in [6.07, 6.45) is 3.37. The second kappa shape index (κ2) is 6.03. The van der Waals surface area contributed by atoms with Gasteiger partial charge in [0.2, 0.25) is 0 Å². The highest BCUT2D eigenvalue weighted by atomic mass is 35.5. The molecule has 1 aliphatic carbocycles. The van der Waals surface area contributed by atoms with E-state index in [0.29, 0.717) is 11.8 Å². The van der Waals surface area contributed by atoms with Gasteiger partial charge in [-0.05, 0) is 49.3 Å². The Balaban J connectivity index is 1.88. The van der Waals surface area contributed by atoms with E-state index in [2.05, 4.69) is 19.2 Å². The molecule has 0 heterocycles. The molecule has 0 aromatic heterocycles. The third kappa shape index (κ3) is 3.69. The van der Waals surface area contributed by atoms with Crippen LogP contribution in [-0.2, 0) is 6.42 Å². The van der Waals surface area contributed by atoms with E-state index < -0.39 is 0 Å². The summed E-state index contributed by atoms with van der Waals surface area (Å²) in [6, 6.07) is 5.99. The quantitative estimate of drug-likeness (QED) is 0.822. The van der Waals surface area contributed by atoms with E-state index in [1.54, 1.807) is 6.07 Å². The highest BCUT2D eigenvalue weighted by molar-refractivity contribution is 6.30. The predicted molar refractivity (Wildman–Crippen MR) is 74.5 cm³/mol. The van der Waals surface area contributed by atoms with Crippen molar-refractivity contribution in [1.29, 1.82) is 0 Å². The molecule has 2 atom stereocenters. The topological polar surface area (TPSA) is 12.0 Å². The fraction of sp³-hybridized carbons (Fsp3) is 0.600. The lowest BCUT2D eigenvalue weighted by atomic mass is 9.89. The average Bonchev–Trinajstić information content (AvgIpc) is 3.16. The second-order valence-electron chi connectivity index (χ2n) is 5.55. The second-order valence-corrected chi connectivity index (χ2v) is 5.96. The van der Waals surface area contributed by atoms with Crippen LogP contribution in [0.1, 0.15) is 32.3 Å². The van der Waals surface area contributed by atoms with Crippen LogP contribution in [0.25, 0.3) is 0 Å². The van der Waals surface area contributed by atoms with Gasteiger partial charge >= 0.3 is 0 Å². The SMILES string of the molecule is CC(CNC1CC1)C(C)Cc1cccc(Cl)c1F. The third-order valence-corrected chi connectivity index (χ3v) is 4.14. The lowest BCUT2D eigenvalue weighted by Gasteiger charge is -2.21. The molecule has 1 aliphatic rings. The average molecular weight is 270 g/mol. The summed E-state index contributed by atoms with van der Waals surface area (Å²) in [5.41, 5.74) is 0.730. The van der Waals surface area contributed by atoms with E-state index in [-0.39, 0.29) is 10.8 Å². The number of rotatable bonds is 6. The molecule has 1 fully saturated rings. The molecule has 1 nitrogen and oxygen atoms in total. The minimum absolute atomic E-state index is 0.225. The van der Waals surface area contributed by atoms with Crippen molar-refractivity contribution in [2.45, 2.75) is 39.2 Å². The van der Waals surface area contributed by atoms with Gasteiger partial charge in [0.15, 0.2) is 0 Å². The van der Waals surface area contributed by atoms with Crippen LogP contribution < -0.4 is 5.32 Å². The van der Waals surface area contributed by atoms with Gasteiger partial charge in [-0.2, -0.15) is 0 Å². The number of benzene rings is 1. The summed E-state index contributed by atoms with van der Waals surface area (Å²) in [6.45, 7) is 5.43. The van der Waals surface area contributed by atoms with Crippen molar-refractivity contribution in [2.24, 2.45) is 11.8 Å². The van der Waals surface area contributed by atoms with Crippen molar-refractivity contribution in [3.05, 3.63) is 34.6 Å². The number of halogens is 2. The fourth-order valence-electron chi connectivity index (χ4n) is 2.10. The Kier molecular flexibility index (Phi) is 4.63. The van der Waals surface area contributed by atoms with E-state index in [4.69, 9.17) is 11.6 Å². The Hall–Kier alpha value is -0.600. The lowest BCUT2D eigenvalue weighted by molar-refractivity contribution is 0.360. The van der Waals surface area contributed by atoms with Crippen LogP contribution in [0.5, 0.6) is 0 Å². The Morgan fingerprint density at radius 2 is 2.06 bits per heavy atom. The van der Waals surface area contributed by atoms with Crippen molar-refractivity contribution < 1.29 is 4.39 Å². The fourth-order valence-corrected chi connectivity index (χ4v) is 2.29. The smallest absolute Gasteiger partial charge is 0.144 e. The summed E-state index contributed by atoms with van der Waals surface area (Å²) in [5.74, 6) is 0.738. The van der Waals surface area contributed by atoms with Gasteiger partial charge in [0.05, 0.1) is 5.02 Å². The molecule has 0 radical (unpaired) electrons. The lowest BCUT2D eigenvalue weighted by Crippen LogP contribution is -2.27. The molecule has 0 spiro atoms. The summed E-state index contributed by atoms with van der Waals surface area (Å²) < 4.78 is 13.8. The zero-order valence-corrected chi connectivity index (χ0v) is 11.8. The van der Waals surface area contributed by atoms with Crippen LogP contribution in [-0.4, -0.2) is 12.6 Å². The molecule has 0 saturated heterocycles. The Bertz CT molecular complexity index is 403. The maximum absolute atomic E-state index is 13.8. The Morgan fingerprint density at radius 1 is 1.33 bits per heavy atom. The van der Waals surface area contributed by atoms with Crippen LogP contribution in [0.3, 0.4) is 0 Å². The van der Waals surface area contributed by atoms with E-state index in [9.17, 15) is 4.39 Å². The Morgan fingerprint density at radius 3 is 2.72 bits per heavy atom. The first kappa shape index (κ1) is 13.8. The van der Waals surface area contributed by atoms with Gasteiger partial charge in [0, 0.05) is 6.04 Å². The van der Waals surface area contributed by atoms with E-state index in [0.717, 1.165) is 24.6 Å². The number of nitrogens with one attached hydrogen (secondary N) is 1. The summed E-state index contributed by atoms with van der Waals surface area (Å²) in [4.78, 5) is 0. The van der Waals surface area contributed by atoms with Gasteiger partial charge in [-0.3, -0.25) is 0 Å². The van der Waals surface area contributed by atoms with Crippen LogP contribution >= 0.6 is 11.6 Å². The van der Waals surface area contributed by atoms with Gasteiger partial charge in [-0.25, -0.2) is 4.39 Å². The van der Waals surface area contributed by atoms with E-state index in [1.165, 1.54) is 12.8 Å². The monoisotopic (exact) mass is 269 g/mol. The molecule has 0 amide bonds. The summed E-state index contributed by atoms with van der Waals surface area (Å²) >= 11 is 5.80. The Labute approximate surface area is 114 Å². The van der Waals surface area contributed by atoms with Crippen LogP contribution in [0.15, 0.2) is 18.2 Å². The maximum Gasteiger partial charge on any atom is 0.144 e. The maximum atomic E-state index is 13.8. The molecule has 0 bridgehead atoms. The van der Waals surface area contributed by atoms with Crippen LogP contribution in [0, 0.1) is 17.7 Å². The zero-order chi connectivity index (χ0) is 13.1. The largest absolute Gasteiger partial charge is 0.314 e. The van der Waals surface area contributed by atoms with Gasteiger partial charge < -0.3 is 5.32 Å². The van der Waals surface area contributed by atoms with Crippen molar-refractivity contribution in [1.82, 2.24) is 5.32 Å². The summed E-state index contributed by atoms with van der Waals surface area (Å²) in [7, 11) is 0. The van der Waals surface area contributed by atoms with Gasteiger partial charge in [0.25, 0.3) is 0 Å². The van der Waals surface area contributed by atoms with Crippen LogP contribution in [0.2, 0.25) is 5.02 Å².